The summed E-state index contributed by atoms with van der Waals surface area (Å²) in [6.07, 6.45) is 0. The molecule has 1 N–H and O–H groups in total. The first-order valence-corrected chi connectivity index (χ1v) is 10.5. The maximum atomic E-state index is 12.4. The van der Waals surface area contributed by atoms with Gasteiger partial charge in [0.1, 0.15) is 10.8 Å². The molecule has 0 aliphatic carbocycles. The predicted octanol–water partition coefficient (Wildman–Crippen LogP) is 3.85. The molecule has 0 aliphatic rings. The third kappa shape index (κ3) is 4.60. The average molecular weight is 417 g/mol. The lowest BCUT2D eigenvalue weighted by Gasteiger charge is -2.08. The summed E-state index contributed by atoms with van der Waals surface area (Å²) in [6.45, 7) is 5.77. The molecule has 9 heteroatoms. The summed E-state index contributed by atoms with van der Waals surface area (Å²) in [6, 6.07) is 11.5. The fourth-order valence-corrected chi connectivity index (χ4v) is 4.28. The van der Waals surface area contributed by atoms with Crippen LogP contribution in [0.2, 0.25) is 0 Å². The molecule has 0 spiro atoms. The summed E-state index contributed by atoms with van der Waals surface area (Å²) in [5, 5.41) is 12.2. The van der Waals surface area contributed by atoms with E-state index < -0.39 is 5.97 Å². The van der Waals surface area contributed by atoms with Crippen LogP contribution in [0.1, 0.15) is 28.0 Å². The molecule has 146 valence electrons. The van der Waals surface area contributed by atoms with Crippen molar-refractivity contribution < 1.29 is 14.3 Å². The summed E-state index contributed by atoms with van der Waals surface area (Å²) in [4.78, 5) is 25.4. The molecule has 0 fully saturated rings. The summed E-state index contributed by atoms with van der Waals surface area (Å²) in [5.41, 5.74) is 1.32. The molecule has 28 heavy (non-hydrogen) atoms. The normalized spacial score (nSPS) is 10.7. The third-order valence-corrected chi connectivity index (χ3v) is 5.64. The van der Waals surface area contributed by atoms with Gasteiger partial charge in [0.25, 0.3) is 0 Å². The molecule has 3 aromatic rings. The number of thiophene rings is 1. The number of nitrogens with one attached hydrogen (secondary N) is 1. The minimum Gasteiger partial charge on any atom is -0.462 e. The van der Waals surface area contributed by atoms with Gasteiger partial charge in [-0.15, -0.1) is 21.5 Å². The Morgan fingerprint density at radius 2 is 1.96 bits per heavy atom. The van der Waals surface area contributed by atoms with Gasteiger partial charge in [-0.25, -0.2) is 4.79 Å². The molecule has 0 bridgehead atoms. The number of carbonyl (C=O) groups is 2. The van der Waals surface area contributed by atoms with E-state index in [4.69, 9.17) is 4.74 Å². The quantitative estimate of drug-likeness (QED) is 0.465. The van der Waals surface area contributed by atoms with Crippen molar-refractivity contribution in [1.82, 2.24) is 14.8 Å². The molecule has 2 aromatic heterocycles. The molecular weight excluding hydrogens is 396 g/mol. The Labute approximate surface area is 171 Å². The predicted molar refractivity (Wildman–Crippen MR) is 110 cm³/mol. The second-order valence-electron chi connectivity index (χ2n) is 5.86. The SMILES string of the molecule is CCOC(=O)c1cc(C)sc1NC(=O)CSc1nnc(C)n1-c1ccccc1. The first kappa shape index (κ1) is 20.1. The Morgan fingerprint density at radius 3 is 2.68 bits per heavy atom. The zero-order valence-electron chi connectivity index (χ0n) is 15.8. The van der Waals surface area contributed by atoms with Gasteiger partial charge >= 0.3 is 5.97 Å². The van der Waals surface area contributed by atoms with Gasteiger partial charge in [-0.05, 0) is 39.0 Å². The van der Waals surface area contributed by atoms with Crippen molar-refractivity contribution in [2.75, 3.05) is 17.7 Å². The van der Waals surface area contributed by atoms with Gasteiger partial charge in [0.15, 0.2) is 5.16 Å². The second kappa shape index (κ2) is 9.03. The number of aromatic nitrogens is 3. The standard InChI is InChI=1S/C19H20N4O3S2/c1-4-26-18(25)15-10-12(2)28-17(15)20-16(24)11-27-19-22-21-13(3)23(19)14-8-6-5-7-9-14/h5-10H,4,11H2,1-3H3,(H,20,24). The highest BCUT2D eigenvalue weighted by atomic mass is 32.2. The fourth-order valence-electron chi connectivity index (χ4n) is 2.57. The van der Waals surface area contributed by atoms with Gasteiger partial charge in [-0.2, -0.15) is 0 Å². The topological polar surface area (TPSA) is 86.1 Å². The molecule has 1 amide bonds. The Bertz CT molecular complexity index is 982. The van der Waals surface area contributed by atoms with Gasteiger partial charge in [0.2, 0.25) is 5.91 Å². The first-order valence-electron chi connectivity index (χ1n) is 8.67. The molecule has 0 radical (unpaired) electrons. The monoisotopic (exact) mass is 416 g/mol. The lowest BCUT2D eigenvalue weighted by molar-refractivity contribution is -0.113. The average Bonchev–Trinajstić information content (AvgIpc) is 3.23. The van der Waals surface area contributed by atoms with Gasteiger partial charge in [0, 0.05) is 10.6 Å². The van der Waals surface area contributed by atoms with Gasteiger partial charge in [0.05, 0.1) is 17.9 Å². The van der Waals surface area contributed by atoms with Gasteiger partial charge < -0.3 is 10.1 Å². The summed E-state index contributed by atoms with van der Waals surface area (Å²) >= 11 is 2.63. The van der Waals surface area contributed by atoms with E-state index in [9.17, 15) is 9.59 Å². The van der Waals surface area contributed by atoms with Crippen molar-refractivity contribution in [3.8, 4) is 5.69 Å². The molecule has 0 saturated heterocycles. The first-order chi connectivity index (χ1) is 13.5. The Morgan fingerprint density at radius 1 is 1.21 bits per heavy atom. The number of hydrogen-bond acceptors (Lipinski definition) is 7. The molecule has 0 unspecified atom stereocenters. The van der Waals surface area contributed by atoms with E-state index in [1.165, 1.54) is 23.1 Å². The zero-order valence-corrected chi connectivity index (χ0v) is 17.4. The van der Waals surface area contributed by atoms with Crippen LogP contribution in [0.15, 0.2) is 41.6 Å². The highest BCUT2D eigenvalue weighted by Gasteiger charge is 2.19. The van der Waals surface area contributed by atoms with E-state index >= 15 is 0 Å². The van der Waals surface area contributed by atoms with Crippen molar-refractivity contribution >= 4 is 40.0 Å². The molecule has 2 heterocycles. The van der Waals surface area contributed by atoms with Crippen molar-refractivity contribution in [3.05, 3.63) is 52.7 Å². The molecule has 3 rings (SSSR count). The lowest BCUT2D eigenvalue weighted by Crippen LogP contribution is -2.16. The second-order valence-corrected chi connectivity index (χ2v) is 8.06. The number of amides is 1. The smallest absolute Gasteiger partial charge is 0.341 e. The number of anilines is 1. The number of ether oxygens (including phenoxy) is 1. The molecule has 0 saturated carbocycles. The van der Waals surface area contributed by atoms with Crippen LogP contribution < -0.4 is 5.32 Å². The minimum atomic E-state index is -0.436. The Balaban J connectivity index is 1.69. The molecule has 0 atom stereocenters. The minimum absolute atomic E-state index is 0.143. The van der Waals surface area contributed by atoms with Gasteiger partial charge in [-0.1, -0.05) is 30.0 Å². The number of nitrogens with zero attached hydrogens (tertiary/aromatic N) is 3. The van der Waals surface area contributed by atoms with E-state index in [0.717, 1.165) is 16.4 Å². The van der Waals surface area contributed by atoms with Crippen LogP contribution in [0.4, 0.5) is 5.00 Å². The molecule has 1 aromatic carbocycles. The van der Waals surface area contributed by atoms with Crippen LogP contribution >= 0.6 is 23.1 Å². The van der Waals surface area contributed by atoms with Crippen LogP contribution in [-0.4, -0.2) is 39.0 Å². The molecule has 0 aliphatic heterocycles. The van der Waals surface area contributed by atoms with E-state index in [2.05, 4.69) is 15.5 Å². The van der Waals surface area contributed by atoms with Crippen LogP contribution in [0.5, 0.6) is 0 Å². The summed E-state index contributed by atoms with van der Waals surface area (Å²) in [5.74, 6) is 0.226. The third-order valence-electron chi connectivity index (χ3n) is 3.75. The zero-order chi connectivity index (χ0) is 20.1. The maximum absolute atomic E-state index is 12.4. The number of carbonyl (C=O) groups excluding carboxylic acids is 2. The van der Waals surface area contributed by atoms with Crippen molar-refractivity contribution in [3.63, 3.8) is 0 Å². The van der Waals surface area contributed by atoms with Crippen LogP contribution in [0.25, 0.3) is 5.69 Å². The number of benzene rings is 1. The Hall–Kier alpha value is -2.65. The maximum Gasteiger partial charge on any atom is 0.341 e. The Kier molecular flexibility index (Phi) is 6.48. The number of rotatable bonds is 7. The fraction of sp³-hybridized carbons (Fsp3) is 0.263. The van der Waals surface area contributed by atoms with Crippen LogP contribution in [0, 0.1) is 13.8 Å². The summed E-state index contributed by atoms with van der Waals surface area (Å²) < 4.78 is 6.95. The van der Waals surface area contributed by atoms with Crippen molar-refractivity contribution in [2.24, 2.45) is 0 Å². The molecular formula is C19H20N4O3S2. The molecule has 7 nitrogen and oxygen atoms in total. The highest BCUT2D eigenvalue weighted by Crippen LogP contribution is 2.29. The van der Waals surface area contributed by atoms with Gasteiger partial charge in [-0.3, -0.25) is 9.36 Å². The lowest BCUT2D eigenvalue weighted by atomic mass is 10.3. The summed E-state index contributed by atoms with van der Waals surface area (Å²) in [7, 11) is 0. The van der Waals surface area contributed by atoms with Crippen LogP contribution in [-0.2, 0) is 9.53 Å². The van der Waals surface area contributed by atoms with Crippen LogP contribution in [0.3, 0.4) is 0 Å². The number of hydrogen-bond donors (Lipinski definition) is 1. The van der Waals surface area contributed by atoms with Crippen molar-refractivity contribution in [1.29, 1.82) is 0 Å². The van der Waals surface area contributed by atoms with E-state index in [1.54, 1.807) is 13.0 Å². The number of para-hydroxylation sites is 1. The largest absolute Gasteiger partial charge is 0.462 e. The number of aryl methyl sites for hydroxylation is 2. The number of esters is 1. The van der Waals surface area contributed by atoms with E-state index in [0.29, 0.717) is 15.7 Å². The highest BCUT2D eigenvalue weighted by molar-refractivity contribution is 7.99. The number of thioether (sulfide) groups is 1. The van der Waals surface area contributed by atoms with E-state index in [-0.39, 0.29) is 18.3 Å². The van der Waals surface area contributed by atoms with Crippen molar-refractivity contribution in [2.45, 2.75) is 25.9 Å². The van der Waals surface area contributed by atoms with E-state index in [1.807, 2.05) is 48.7 Å².